The molecule has 3 aromatic rings. The summed E-state index contributed by atoms with van der Waals surface area (Å²) < 4.78 is 1.03. The van der Waals surface area contributed by atoms with Gasteiger partial charge in [-0.1, -0.05) is 50.7 Å². The van der Waals surface area contributed by atoms with Crippen molar-refractivity contribution in [1.29, 1.82) is 0 Å². The van der Waals surface area contributed by atoms with Crippen molar-refractivity contribution in [2.75, 3.05) is 10.6 Å². The van der Waals surface area contributed by atoms with E-state index in [0.717, 1.165) is 20.3 Å². The normalized spacial score (nSPS) is 10.7. The zero-order chi connectivity index (χ0) is 13.8. The number of anilines is 2. The van der Waals surface area contributed by atoms with Crippen molar-refractivity contribution >= 4 is 48.9 Å². The average molecular weight is 369 g/mol. The van der Waals surface area contributed by atoms with Crippen LogP contribution in [-0.4, -0.2) is 20.4 Å². The highest BCUT2D eigenvalue weighted by Gasteiger charge is 2.14. The molecular weight excluding hydrogens is 360 g/mol. The van der Waals surface area contributed by atoms with Gasteiger partial charge >= 0.3 is 0 Å². The number of nitrogens with one attached hydrogen (secondary N) is 2. The Kier molecular flexibility index (Phi) is 4.19. The third-order valence-corrected chi connectivity index (χ3v) is 4.23. The minimum Gasteiger partial charge on any atom is -0.336 e. The Bertz CT molecular complexity index is 604. The van der Waals surface area contributed by atoms with Gasteiger partial charge in [0.15, 0.2) is 0 Å². The van der Waals surface area contributed by atoms with Gasteiger partial charge in [-0.3, -0.25) is 0 Å². The van der Waals surface area contributed by atoms with E-state index in [0.29, 0.717) is 0 Å². The lowest BCUT2D eigenvalue weighted by Crippen LogP contribution is -2.19. The molecule has 3 rings (SSSR count). The highest BCUT2D eigenvalue weighted by Crippen LogP contribution is 2.24. The number of halogens is 1. The molecule has 0 saturated heterocycles. The van der Waals surface area contributed by atoms with Crippen molar-refractivity contribution in [3.8, 4) is 0 Å². The first-order chi connectivity index (χ1) is 9.81. The molecule has 0 aliphatic heterocycles. The van der Waals surface area contributed by atoms with E-state index in [4.69, 9.17) is 0 Å². The Morgan fingerprint density at radius 3 is 1.90 bits per heavy atom. The summed E-state index contributed by atoms with van der Waals surface area (Å²) >= 11 is 6.33. The summed E-state index contributed by atoms with van der Waals surface area (Å²) in [5.41, 5.74) is 4.44. The van der Waals surface area contributed by atoms with E-state index in [-0.39, 0.29) is 6.17 Å². The van der Waals surface area contributed by atoms with Gasteiger partial charge in [0.1, 0.15) is 17.2 Å². The lowest BCUT2D eigenvalue weighted by atomic mass is 10.2. The molecule has 2 heterocycles. The standard InChI is InChI=1S/C11H9BrN6S2/c12-8-3-1-7(2-4-8)9(15-10-17-13-5-19-10)16-11-18-14-6-20-11/h1-6,9H,(H,15,17)(H,16,18). The van der Waals surface area contributed by atoms with Gasteiger partial charge < -0.3 is 10.6 Å². The number of nitrogens with zero attached hydrogens (tertiary/aromatic N) is 4. The van der Waals surface area contributed by atoms with E-state index < -0.39 is 0 Å². The van der Waals surface area contributed by atoms with Crippen LogP contribution in [-0.2, 0) is 0 Å². The second kappa shape index (κ2) is 6.25. The third-order valence-electron chi connectivity index (χ3n) is 2.46. The maximum Gasteiger partial charge on any atom is 0.207 e. The molecule has 2 N–H and O–H groups in total. The molecule has 0 aliphatic carbocycles. The summed E-state index contributed by atoms with van der Waals surface area (Å²) in [6.07, 6.45) is -0.149. The molecule has 0 spiro atoms. The van der Waals surface area contributed by atoms with E-state index >= 15 is 0 Å². The Morgan fingerprint density at radius 1 is 0.900 bits per heavy atom. The number of hydrogen-bond acceptors (Lipinski definition) is 8. The Balaban J connectivity index is 1.84. The van der Waals surface area contributed by atoms with Crippen LogP contribution in [0.2, 0.25) is 0 Å². The number of rotatable bonds is 5. The van der Waals surface area contributed by atoms with Crippen molar-refractivity contribution in [2.45, 2.75) is 6.17 Å². The summed E-state index contributed by atoms with van der Waals surface area (Å²) in [5, 5.41) is 23.7. The lowest BCUT2D eigenvalue weighted by Gasteiger charge is -2.19. The van der Waals surface area contributed by atoms with Crippen molar-refractivity contribution in [1.82, 2.24) is 20.4 Å². The van der Waals surface area contributed by atoms with Gasteiger partial charge in [0.25, 0.3) is 0 Å². The molecule has 0 bridgehead atoms. The quantitative estimate of drug-likeness (QED) is 0.672. The Hall–Kier alpha value is -1.58. The Morgan fingerprint density at radius 2 is 1.45 bits per heavy atom. The summed E-state index contributed by atoms with van der Waals surface area (Å²) in [4.78, 5) is 0. The number of benzene rings is 1. The van der Waals surface area contributed by atoms with E-state index in [1.165, 1.54) is 22.7 Å². The van der Waals surface area contributed by atoms with Crippen LogP contribution in [0.4, 0.5) is 10.3 Å². The maximum atomic E-state index is 4.00. The highest BCUT2D eigenvalue weighted by molar-refractivity contribution is 9.10. The van der Waals surface area contributed by atoms with Gasteiger partial charge in [-0.05, 0) is 17.7 Å². The largest absolute Gasteiger partial charge is 0.336 e. The van der Waals surface area contributed by atoms with Crippen LogP contribution in [0.25, 0.3) is 0 Å². The van der Waals surface area contributed by atoms with Crippen molar-refractivity contribution < 1.29 is 0 Å². The first-order valence-electron chi connectivity index (χ1n) is 5.62. The Labute approximate surface area is 131 Å². The third kappa shape index (κ3) is 3.30. The van der Waals surface area contributed by atoms with Gasteiger partial charge in [-0.2, -0.15) is 0 Å². The first-order valence-corrected chi connectivity index (χ1v) is 8.17. The molecule has 102 valence electrons. The van der Waals surface area contributed by atoms with Crippen LogP contribution in [0.5, 0.6) is 0 Å². The molecule has 20 heavy (non-hydrogen) atoms. The molecule has 6 nitrogen and oxygen atoms in total. The molecule has 2 aromatic heterocycles. The van der Waals surface area contributed by atoms with Crippen LogP contribution in [0.1, 0.15) is 11.7 Å². The van der Waals surface area contributed by atoms with Crippen LogP contribution in [0.3, 0.4) is 0 Å². The van der Waals surface area contributed by atoms with Crippen LogP contribution in [0.15, 0.2) is 39.8 Å². The SMILES string of the molecule is Brc1ccc(C(Nc2nncs2)Nc2nncs2)cc1. The second-order valence-corrected chi connectivity index (χ2v) is 6.34. The zero-order valence-corrected chi connectivity index (χ0v) is 13.2. The first kappa shape index (κ1) is 13.4. The topological polar surface area (TPSA) is 75.6 Å². The smallest absolute Gasteiger partial charge is 0.207 e. The molecule has 0 radical (unpaired) electrons. The van der Waals surface area contributed by atoms with Crippen LogP contribution >= 0.6 is 38.6 Å². The summed E-state index contributed by atoms with van der Waals surface area (Å²) in [5.74, 6) is 0. The van der Waals surface area contributed by atoms with Gasteiger partial charge in [-0.25, -0.2) is 0 Å². The zero-order valence-electron chi connectivity index (χ0n) is 10.0. The predicted octanol–water partition coefficient (Wildman–Crippen LogP) is 3.37. The summed E-state index contributed by atoms with van der Waals surface area (Å²) in [6.45, 7) is 0. The molecule has 0 amide bonds. The fraction of sp³-hybridized carbons (Fsp3) is 0.0909. The molecular formula is C11H9BrN6S2. The minimum atomic E-state index is -0.149. The van der Waals surface area contributed by atoms with E-state index in [9.17, 15) is 0 Å². The van der Waals surface area contributed by atoms with Crippen molar-refractivity contribution in [3.05, 3.63) is 45.3 Å². The fourth-order valence-corrected chi connectivity index (χ4v) is 2.79. The van der Waals surface area contributed by atoms with Crippen LogP contribution in [0, 0.1) is 0 Å². The molecule has 0 atom stereocenters. The molecule has 0 aliphatic rings. The second-order valence-electron chi connectivity index (χ2n) is 3.76. The number of hydrogen-bond donors (Lipinski definition) is 2. The van der Waals surface area contributed by atoms with Gasteiger partial charge in [0, 0.05) is 4.47 Å². The summed E-state index contributed by atoms with van der Waals surface area (Å²) in [7, 11) is 0. The number of aromatic nitrogens is 4. The average Bonchev–Trinajstić information content (AvgIpc) is 3.12. The van der Waals surface area contributed by atoms with Crippen LogP contribution < -0.4 is 10.6 Å². The van der Waals surface area contributed by atoms with E-state index in [1.54, 1.807) is 11.0 Å². The van der Waals surface area contributed by atoms with Crippen molar-refractivity contribution in [3.63, 3.8) is 0 Å². The van der Waals surface area contributed by atoms with Gasteiger partial charge in [-0.15, -0.1) is 20.4 Å². The fourth-order valence-electron chi connectivity index (χ4n) is 1.58. The predicted molar refractivity (Wildman–Crippen MR) is 83.9 cm³/mol. The minimum absolute atomic E-state index is 0.149. The summed E-state index contributed by atoms with van der Waals surface area (Å²) in [6, 6.07) is 8.03. The molecule has 0 saturated carbocycles. The lowest BCUT2D eigenvalue weighted by molar-refractivity contribution is 0.879. The molecule has 0 unspecified atom stereocenters. The monoisotopic (exact) mass is 368 g/mol. The molecule has 0 fully saturated rings. The maximum absolute atomic E-state index is 4.00. The highest BCUT2D eigenvalue weighted by atomic mass is 79.9. The van der Waals surface area contributed by atoms with Gasteiger partial charge in [0.05, 0.1) is 0 Å². The molecule has 9 heteroatoms. The van der Waals surface area contributed by atoms with E-state index in [2.05, 4.69) is 47.0 Å². The molecule has 1 aromatic carbocycles. The van der Waals surface area contributed by atoms with E-state index in [1.807, 2.05) is 24.3 Å². The van der Waals surface area contributed by atoms with Crippen molar-refractivity contribution in [2.24, 2.45) is 0 Å². The van der Waals surface area contributed by atoms with Gasteiger partial charge in [0.2, 0.25) is 10.3 Å².